The van der Waals surface area contributed by atoms with Crippen molar-refractivity contribution in [3.63, 3.8) is 0 Å². The van der Waals surface area contributed by atoms with Gasteiger partial charge in [0.15, 0.2) is 6.79 Å². The highest BCUT2D eigenvalue weighted by molar-refractivity contribution is 5.95. The van der Waals surface area contributed by atoms with E-state index in [1.165, 1.54) is 12.8 Å². The van der Waals surface area contributed by atoms with E-state index in [2.05, 4.69) is 0 Å². The van der Waals surface area contributed by atoms with Gasteiger partial charge in [-0.3, -0.25) is 5.41 Å². The molecular formula is C14H20N2O2. The summed E-state index contributed by atoms with van der Waals surface area (Å²) in [6.07, 6.45) is 2.57. The SMILES string of the molecule is Cc1cc(C(=N)N)cc(C)c1OCOCC1CC1. The summed E-state index contributed by atoms with van der Waals surface area (Å²) in [6.45, 7) is 4.99. The van der Waals surface area contributed by atoms with E-state index in [-0.39, 0.29) is 12.6 Å². The number of nitrogens with one attached hydrogen (secondary N) is 1. The number of ether oxygens (including phenoxy) is 2. The lowest BCUT2D eigenvalue weighted by atomic mass is 10.1. The first-order valence-electron chi connectivity index (χ1n) is 6.24. The zero-order valence-electron chi connectivity index (χ0n) is 11.0. The Morgan fingerprint density at radius 2 is 1.94 bits per heavy atom. The summed E-state index contributed by atoms with van der Waals surface area (Å²) in [7, 11) is 0. The molecule has 0 radical (unpaired) electrons. The molecule has 4 heteroatoms. The summed E-state index contributed by atoms with van der Waals surface area (Å²) in [5, 5.41) is 7.43. The second kappa shape index (κ2) is 5.40. The standard InChI is InChI=1S/C14H20N2O2/c1-9-5-12(14(15)16)6-10(2)13(9)18-8-17-7-11-3-4-11/h5-6,11H,3-4,7-8H2,1-2H3,(H3,15,16). The fourth-order valence-corrected chi connectivity index (χ4v) is 1.93. The fraction of sp³-hybridized carbons (Fsp3) is 0.500. The van der Waals surface area contributed by atoms with E-state index in [9.17, 15) is 0 Å². The van der Waals surface area contributed by atoms with Crippen molar-refractivity contribution in [2.24, 2.45) is 11.7 Å². The molecule has 2 rings (SSSR count). The van der Waals surface area contributed by atoms with Crippen LogP contribution in [0, 0.1) is 25.2 Å². The van der Waals surface area contributed by atoms with Crippen LogP contribution in [0.2, 0.25) is 0 Å². The zero-order chi connectivity index (χ0) is 13.1. The Morgan fingerprint density at radius 1 is 1.33 bits per heavy atom. The average molecular weight is 248 g/mol. The Morgan fingerprint density at radius 3 is 2.44 bits per heavy atom. The lowest BCUT2D eigenvalue weighted by molar-refractivity contribution is 0.00924. The van der Waals surface area contributed by atoms with Gasteiger partial charge < -0.3 is 15.2 Å². The monoisotopic (exact) mass is 248 g/mol. The summed E-state index contributed by atoms with van der Waals surface area (Å²) >= 11 is 0. The van der Waals surface area contributed by atoms with Gasteiger partial charge in [0.05, 0.1) is 6.61 Å². The molecule has 0 aliphatic heterocycles. The lowest BCUT2D eigenvalue weighted by Gasteiger charge is -2.13. The summed E-state index contributed by atoms with van der Waals surface area (Å²) in [5.74, 6) is 1.66. The summed E-state index contributed by atoms with van der Waals surface area (Å²) in [5.41, 5.74) is 8.18. The van der Waals surface area contributed by atoms with Crippen LogP contribution in [-0.2, 0) is 4.74 Å². The Labute approximate surface area is 108 Å². The Bertz CT molecular complexity index is 430. The van der Waals surface area contributed by atoms with Crippen LogP contribution in [0.25, 0.3) is 0 Å². The fourth-order valence-electron chi connectivity index (χ4n) is 1.93. The number of benzene rings is 1. The Kier molecular flexibility index (Phi) is 3.87. The second-order valence-electron chi connectivity index (χ2n) is 4.93. The van der Waals surface area contributed by atoms with Crippen LogP contribution in [-0.4, -0.2) is 19.2 Å². The van der Waals surface area contributed by atoms with Crippen LogP contribution in [0.1, 0.15) is 29.5 Å². The van der Waals surface area contributed by atoms with Crippen LogP contribution in [0.15, 0.2) is 12.1 Å². The van der Waals surface area contributed by atoms with Crippen molar-refractivity contribution in [3.05, 3.63) is 28.8 Å². The molecule has 0 spiro atoms. The van der Waals surface area contributed by atoms with E-state index in [1.54, 1.807) is 0 Å². The zero-order valence-corrected chi connectivity index (χ0v) is 11.0. The lowest BCUT2D eigenvalue weighted by Crippen LogP contribution is -2.12. The van der Waals surface area contributed by atoms with E-state index < -0.39 is 0 Å². The van der Waals surface area contributed by atoms with Gasteiger partial charge in [-0.25, -0.2) is 0 Å². The molecule has 0 saturated heterocycles. The minimum atomic E-state index is 0.0812. The smallest absolute Gasteiger partial charge is 0.189 e. The largest absolute Gasteiger partial charge is 0.467 e. The number of nitrogens with two attached hydrogens (primary N) is 1. The number of nitrogen functional groups attached to an aromatic ring is 1. The molecule has 0 bridgehead atoms. The molecular weight excluding hydrogens is 228 g/mol. The molecule has 0 unspecified atom stereocenters. The number of amidine groups is 1. The minimum absolute atomic E-state index is 0.0812. The van der Waals surface area contributed by atoms with Crippen molar-refractivity contribution >= 4 is 5.84 Å². The first-order chi connectivity index (χ1) is 8.58. The molecule has 1 aromatic carbocycles. The third-order valence-electron chi connectivity index (χ3n) is 3.11. The van der Waals surface area contributed by atoms with Gasteiger partial charge in [0.1, 0.15) is 11.6 Å². The van der Waals surface area contributed by atoms with Crippen molar-refractivity contribution in [1.82, 2.24) is 0 Å². The van der Waals surface area contributed by atoms with E-state index in [4.69, 9.17) is 20.6 Å². The molecule has 4 nitrogen and oxygen atoms in total. The van der Waals surface area contributed by atoms with Crippen molar-refractivity contribution in [1.29, 1.82) is 5.41 Å². The third-order valence-corrected chi connectivity index (χ3v) is 3.11. The number of hydrogen-bond acceptors (Lipinski definition) is 3. The maximum absolute atomic E-state index is 7.43. The van der Waals surface area contributed by atoms with Crippen LogP contribution < -0.4 is 10.5 Å². The van der Waals surface area contributed by atoms with Crippen molar-refractivity contribution in [3.8, 4) is 5.75 Å². The van der Waals surface area contributed by atoms with Crippen molar-refractivity contribution < 1.29 is 9.47 Å². The molecule has 3 N–H and O–H groups in total. The second-order valence-corrected chi connectivity index (χ2v) is 4.93. The van der Waals surface area contributed by atoms with Crippen LogP contribution in [0.5, 0.6) is 5.75 Å². The molecule has 1 fully saturated rings. The molecule has 1 aliphatic carbocycles. The van der Waals surface area contributed by atoms with Gasteiger partial charge >= 0.3 is 0 Å². The topological polar surface area (TPSA) is 68.3 Å². The molecule has 1 aromatic rings. The maximum Gasteiger partial charge on any atom is 0.189 e. The molecule has 18 heavy (non-hydrogen) atoms. The molecule has 98 valence electrons. The highest BCUT2D eigenvalue weighted by atomic mass is 16.7. The molecule has 0 aromatic heterocycles. The Balaban J connectivity index is 1.95. The van der Waals surface area contributed by atoms with E-state index in [0.29, 0.717) is 0 Å². The van der Waals surface area contributed by atoms with Crippen LogP contribution in [0.3, 0.4) is 0 Å². The highest BCUT2D eigenvalue weighted by Gasteiger charge is 2.21. The van der Waals surface area contributed by atoms with Crippen LogP contribution >= 0.6 is 0 Å². The van der Waals surface area contributed by atoms with E-state index in [0.717, 1.165) is 35.0 Å². The quantitative estimate of drug-likeness (QED) is 0.351. The van der Waals surface area contributed by atoms with Crippen LogP contribution in [0.4, 0.5) is 0 Å². The Hall–Kier alpha value is -1.55. The van der Waals surface area contributed by atoms with Gasteiger partial charge in [-0.2, -0.15) is 0 Å². The normalized spacial score (nSPS) is 14.6. The highest BCUT2D eigenvalue weighted by Crippen LogP contribution is 2.29. The van der Waals surface area contributed by atoms with Gasteiger partial charge in [0.25, 0.3) is 0 Å². The van der Waals surface area contributed by atoms with Crippen molar-refractivity contribution in [2.45, 2.75) is 26.7 Å². The first kappa shape index (κ1) is 12.9. The third kappa shape index (κ3) is 3.23. The van der Waals surface area contributed by atoms with Crippen molar-refractivity contribution in [2.75, 3.05) is 13.4 Å². The molecule has 0 heterocycles. The molecule has 0 amide bonds. The van der Waals surface area contributed by atoms with Gasteiger partial charge in [-0.05, 0) is 55.9 Å². The number of aryl methyl sites for hydroxylation is 2. The minimum Gasteiger partial charge on any atom is -0.467 e. The van der Waals surface area contributed by atoms with Gasteiger partial charge in [0.2, 0.25) is 0 Å². The molecule has 1 saturated carbocycles. The number of rotatable bonds is 6. The van der Waals surface area contributed by atoms with Gasteiger partial charge in [0, 0.05) is 5.56 Å². The first-order valence-corrected chi connectivity index (χ1v) is 6.24. The molecule has 1 aliphatic rings. The predicted molar refractivity (Wildman–Crippen MR) is 71.1 cm³/mol. The van der Waals surface area contributed by atoms with E-state index in [1.807, 2.05) is 26.0 Å². The number of hydrogen-bond donors (Lipinski definition) is 2. The maximum atomic E-state index is 7.43. The van der Waals surface area contributed by atoms with Gasteiger partial charge in [-0.1, -0.05) is 0 Å². The summed E-state index contributed by atoms with van der Waals surface area (Å²) < 4.78 is 11.1. The average Bonchev–Trinajstić information content (AvgIpc) is 3.10. The summed E-state index contributed by atoms with van der Waals surface area (Å²) in [6, 6.07) is 3.73. The summed E-state index contributed by atoms with van der Waals surface area (Å²) in [4.78, 5) is 0. The van der Waals surface area contributed by atoms with E-state index >= 15 is 0 Å². The molecule has 0 atom stereocenters. The van der Waals surface area contributed by atoms with Gasteiger partial charge in [-0.15, -0.1) is 0 Å². The predicted octanol–water partition coefficient (Wildman–Crippen LogP) is 2.35.